The van der Waals surface area contributed by atoms with Crippen molar-refractivity contribution in [2.45, 2.75) is 6.04 Å². The van der Waals surface area contributed by atoms with Gasteiger partial charge in [-0.3, -0.25) is 0 Å². The monoisotopic (exact) mass is 257 g/mol. The van der Waals surface area contributed by atoms with Crippen molar-refractivity contribution in [2.75, 3.05) is 0 Å². The summed E-state index contributed by atoms with van der Waals surface area (Å²) in [4.78, 5) is 1.13. The van der Waals surface area contributed by atoms with E-state index in [-0.39, 0.29) is 6.04 Å². The molecule has 0 bridgehead atoms. The van der Waals surface area contributed by atoms with E-state index >= 15 is 0 Å². The van der Waals surface area contributed by atoms with Gasteiger partial charge in [0.15, 0.2) is 0 Å². The number of thiophene rings is 1. The molecule has 2 nitrogen and oxygen atoms in total. The lowest BCUT2D eigenvalue weighted by atomic mass is 10.1. The molecule has 68 valence electrons. The predicted octanol–water partition coefficient (Wildman–Crippen LogP) is 3.15. The Morgan fingerprint density at radius 2 is 2.38 bits per heavy atom. The van der Waals surface area contributed by atoms with Crippen molar-refractivity contribution in [1.29, 1.82) is 0 Å². The van der Waals surface area contributed by atoms with Crippen molar-refractivity contribution >= 4 is 27.3 Å². The van der Waals surface area contributed by atoms with Gasteiger partial charge in [0.2, 0.25) is 0 Å². The summed E-state index contributed by atoms with van der Waals surface area (Å²) in [5, 5.41) is 2.02. The molecule has 0 fully saturated rings. The van der Waals surface area contributed by atoms with Crippen molar-refractivity contribution in [3.63, 3.8) is 0 Å². The molecule has 2 aromatic rings. The fourth-order valence-electron chi connectivity index (χ4n) is 1.11. The van der Waals surface area contributed by atoms with Crippen molar-refractivity contribution in [3.05, 3.63) is 45.0 Å². The number of furan rings is 1. The number of rotatable bonds is 2. The maximum Gasteiger partial charge on any atom is 0.0954 e. The van der Waals surface area contributed by atoms with E-state index in [1.165, 1.54) is 0 Å². The van der Waals surface area contributed by atoms with Gasteiger partial charge in [-0.2, -0.15) is 0 Å². The summed E-state index contributed by atoms with van der Waals surface area (Å²) >= 11 is 5.04. The van der Waals surface area contributed by atoms with Crippen molar-refractivity contribution in [1.82, 2.24) is 0 Å². The Morgan fingerprint density at radius 3 is 2.92 bits per heavy atom. The Bertz CT molecular complexity index is 382. The van der Waals surface area contributed by atoms with Gasteiger partial charge in [0.05, 0.1) is 18.6 Å². The molecule has 2 rings (SSSR count). The zero-order valence-corrected chi connectivity index (χ0v) is 9.14. The van der Waals surface area contributed by atoms with Crippen molar-refractivity contribution in [3.8, 4) is 0 Å². The van der Waals surface area contributed by atoms with E-state index in [0.717, 1.165) is 14.9 Å². The van der Waals surface area contributed by atoms with Gasteiger partial charge < -0.3 is 10.2 Å². The molecule has 13 heavy (non-hydrogen) atoms. The second-order valence-electron chi connectivity index (χ2n) is 2.70. The molecule has 0 saturated carbocycles. The van der Waals surface area contributed by atoms with Crippen LogP contribution in [-0.4, -0.2) is 0 Å². The van der Waals surface area contributed by atoms with Gasteiger partial charge in [-0.05, 0) is 28.1 Å². The van der Waals surface area contributed by atoms with Crippen LogP contribution in [0.1, 0.15) is 16.5 Å². The molecule has 0 amide bonds. The lowest BCUT2D eigenvalue weighted by Gasteiger charge is -2.04. The standard InChI is InChI=1S/C9H8BrNOS/c10-7-3-8(13-5-7)9(11)6-1-2-12-4-6/h1-5,9H,11H2. The quantitative estimate of drug-likeness (QED) is 0.898. The second kappa shape index (κ2) is 3.65. The number of hydrogen-bond donors (Lipinski definition) is 1. The Labute approximate surface area is 88.5 Å². The van der Waals surface area contributed by atoms with Gasteiger partial charge in [-0.1, -0.05) is 0 Å². The summed E-state index contributed by atoms with van der Waals surface area (Å²) in [5.41, 5.74) is 7.01. The van der Waals surface area contributed by atoms with E-state index < -0.39 is 0 Å². The second-order valence-corrected chi connectivity index (χ2v) is 4.56. The van der Waals surface area contributed by atoms with Crippen LogP contribution in [-0.2, 0) is 0 Å². The molecule has 1 unspecified atom stereocenters. The smallest absolute Gasteiger partial charge is 0.0954 e. The molecule has 0 aliphatic heterocycles. The van der Waals surface area contributed by atoms with Gasteiger partial charge in [0, 0.05) is 20.3 Å². The Morgan fingerprint density at radius 1 is 1.54 bits per heavy atom. The first-order valence-corrected chi connectivity index (χ1v) is 5.46. The Hall–Kier alpha value is -0.580. The minimum Gasteiger partial charge on any atom is -0.472 e. The summed E-state index contributed by atoms with van der Waals surface area (Å²) in [6.07, 6.45) is 3.32. The summed E-state index contributed by atoms with van der Waals surface area (Å²) in [7, 11) is 0. The van der Waals surface area contributed by atoms with Crippen LogP contribution in [0.2, 0.25) is 0 Å². The first-order chi connectivity index (χ1) is 6.27. The fourth-order valence-corrected chi connectivity index (χ4v) is 2.58. The number of nitrogens with two attached hydrogens (primary N) is 1. The van der Waals surface area contributed by atoms with E-state index in [2.05, 4.69) is 15.9 Å². The highest BCUT2D eigenvalue weighted by Gasteiger charge is 2.11. The SMILES string of the molecule is NC(c1ccoc1)c1cc(Br)cs1. The lowest BCUT2D eigenvalue weighted by Crippen LogP contribution is -2.08. The molecule has 2 heterocycles. The molecule has 4 heteroatoms. The number of hydrogen-bond acceptors (Lipinski definition) is 3. The summed E-state index contributed by atoms with van der Waals surface area (Å²) < 4.78 is 6.05. The predicted molar refractivity (Wildman–Crippen MR) is 56.8 cm³/mol. The van der Waals surface area contributed by atoms with Crippen molar-refractivity contribution < 1.29 is 4.42 Å². The van der Waals surface area contributed by atoms with E-state index in [1.54, 1.807) is 23.9 Å². The van der Waals surface area contributed by atoms with Crippen molar-refractivity contribution in [2.24, 2.45) is 5.73 Å². The average molecular weight is 258 g/mol. The van der Waals surface area contributed by atoms with Crippen LogP contribution in [0, 0.1) is 0 Å². The zero-order chi connectivity index (χ0) is 9.26. The average Bonchev–Trinajstić information content (AvgIpc) is 2.72. The molecule has 0 aliphatic carbocycles. The molecule has 0 aromatic carbocycles. The summed E-state index contributed by atoms with van der Waals surface area (Å²) in [6.45, 7) is 0. The van der Waals surface area contributed by atoms with Gasteiger partial charge in [-0.15, -0.1) is 11.3 Å². The van der Waals surface area contributed by atoms with Crippen LogP contribution in [0.25, 0.3) is 0 Å². The zero-order valence-electron chi connectivity index (χ0n) is 6.74. The maximum absolute atomic E-state index is 6.00. The Balaban J connectivity index is 2.28. The van der Waals surface area contributed by atoms with E-state index in [1.807, 2.05) is 17.5 Å². The van der Waals surface area contributed by atoms with Crippen LogP contribution in [0.5, 0.6) is 0 Å². The normalized spacial score (nSPS) is 13.1. The molecule has 0 spiro atoms. The highest BCUT2D eigenvalue weighted by molar-refractivity contribution is 9.10. The topological polar surface area (TPSA) is 39.2 Å². The Kier molecular flexibility index (Phi) is 2.53. The first kappa shape index (κ1) is 8.99. The van der Waals surface area contributed by atoms with Crippen LogP contribution >= 0.6 is 27.3 Å². The lowest BCUT2D eigenvalue weighted by molar-refractivity contribution is 0.562. The molecule has 0 radical (unpaired) electrons. The largest absolute Gasteiger partial charge is 0.472 e. The molecule has 2 aromatic heterocycles. The third kappa shape index (κ3) is 1.85. The minimum absolute atomic E-state index is 0.0740. The fraction of sp³-hybridized carbons (Fsp3) is 0.111. The van der Waals surface area contributed by atoms with Gasteiger partial charge in [0.25, 0.3) is 0 Å². The molecule has 2 N–H and O–H groups in total. The number of halogens is 1. The summed E-state index contributed by atoms with van der Waals surface area (Å²) in [6, 6.07) is 3.84. The van der Waals surface area contributed by atoms with Crippen LogP contribution in [0.4, 0.5) is 0 Å². The molecule has 1 atom stereocenters. The maximum atomic E-state index is 6.00. The van der Waals surface area contributed by atoms with Gasteiger partial charge >= 0.3 is 0 Å². The molecule has 0 aliphatic rings. The summed E-state index contributed by atoms with van der Waals surface area (Å²) in [5.74, 6) is 0. The first-order valence-electron chi connectivity index (χ1n) is 3.79. The van der Waals surface area contributed by atoms with Gasteiger partial charge in [-0.25, -0.2) is 0 Å². The molecule has 0 saturated heterocycles. The molecular weight excluding hydrogens is 250 g/mol. The third-order valence-electron chi connectivity index (χ3n) is 1.80. The van der Waals surface area contributed by atoms with Crippen LogP contribution in [0.15, 0.2) is 38.9 Å². The van der Waals surface area contributed by atoms with E-state index in [4.69, 9.17) is 10.2 Å². The molecular formula is C9H8BrNOS. The van der Waals surface area contributed by atoms with E-state index in [9.17, 15) is 0 Å². The van der Waals surface area contributed by atoms with Crippen LogP contribution in [0.3, 0.4) is 0 Å². The highest BCUT2D eigenvalue weighted by Crippen LogP contribution is 2.28. The van der Waals surface area contributed by atoms with Crippen LogP contribution < -0.4 is 5.73 Å². The highest BCUT2D eigenvalue weighted by atomic mass is 79.9. The third-order valence-corrected chi connectivity index (χ3v) is 3.57. The van der Waals surface area contributed by atoms with E-state index in [0.29, 0.717) is 0 Å². The van der Waals surface area contributed by atoms with Gasteiger partial charge in [0.1, 0.15) is 0 Å². The minimum atomic E-state index is -0.0740.